The summed E-state index contributed by atoms with van der Waals surface area (Å²) < 4.78 is 34.0. The van der Waals surface area contributed by atoms with Crippen molar-refractivity contribution in [1.29, 1.82) is 0 Å². The molecule has 32 heavy (non-hydrogen) atoms. The number of rotatable bonds is 6. The summed E-state index contributed by atoms with van der Waals surface area (Å²) in [4.78, 5) is 34.8. The van der Waals surface area contributed by atoms with Gasteiger partial charge in [0.25, 0.3) is 0 Å². The van der Waals surface area contributed by atoms with Gasteiger partial charge in [-0.3, -0.25) is 14.4 Å². The van der Waals surface area contributed by atoms with E-state index >= 15 is 0 Å². The maximum atomic E-state index is 11.8. The minimum atomic E-state index is -0.886. The summed E-state index contributed by atoms with van der Waals surface area (Å²) in [6, 6.07) is 0. The molecule has 0 saturated carbocycles. The lowest BCUT2D eigenvalue weighted by molar-refractivity contribution is -0.334. The largest absolute Gasteiger partial charge is 0.463 e. The Bertz CT molecular complexity index is 697. The van der Waals surface area contributed by atoms with Crippen LogP contribution in [0.15, 0.2) is 0 Å². The van der Waals surface area contributed by atoms with Gasteiger partial charge in [-0.15, -0.1) is 0 Å². The molecular formula is C22H35BrO9. The summed E-state index contributed by atoms with van der Waals surface area (Å²) >= 11 is 3.63. The Hall–Kier alpha value is -1.23. The molecule has 4 unspecified atom stereocenters. The van der Waals surface area contributed by atoms with Crippen LogP contribution in [0.3, 0.4) is 0 Å². The summed E-state index contributed by atoms with van der Waals surface area (Å²) in [5.41, 5.74) is 0. The quantitative estimate of drug-likeness (QED) is 0.295. The van der Waals surface area contributed by atoms with E-state index in [-0.39, 0.29) is 30.3 Å². The Morgan fingerprint density at radius 3 is 1.97 bits per heavy atom. The lowest BCUT2D eigenvalue weighted by atomic mass is 9.82. The molecule has 0 aromatic heterocycles. The van der Waals surface area contributed by atoms with E-state index in [4.69, 9.17) is 28.4 Å². The van der Waals surface area contributed by atoms with Crippen LogP contribution in [-0.4, -0.2) is 59.9 Å². The van der Waals surface area contributed by atoms with Crippen molar-refractivity contribution >= 4 is 33.8 Å². The molecule has 0 aromatic rings. The van der Waals surface area contributed by atoms with Gasteiger partial charge in [0, 0.05) is 38.5 Å². The summed E-state index contributed by atoms with van der Waals surface area (Å²) in [6.45, 7) is 13.6. The van der Waals surface area contributed by atoms with E-state index in [2.05, 4.69) is 15.9 Å². The van der Waals surface area contributed by atoms with Crippen molar-refractivity contribution in [3.63, 3.8) is 0 Å². The van der Waals surface area contributed by atoms with E-state index in [1.54, 1.807) is 0 Å². The first-order chi connectivity index (χ1) is 14.7. The second-order valence-corrected chi connectivity index (χ2v) is 10.5. The number of carbonyl (C=O) groups is 3. The van der Waals surface area contributed by atoms with Crippen molar-refractivity contribution in [3.8, 4) is 0 Å². The molecule has 0 amide bonds. The highest BCUT2D eigenvalue weighted by molar-refractivity contribution is 9.10. The van der Waals surface area contributed by atoms with Crippen molar-refractivity contribution in [2.24, 2.45) is 23.7 Å². The third-order valence-corrected chi connectivity index (χ3v) is 7.42. The van der Waals surface area contributed by atoms with Crippen LogP contribution in [-0.2, 0) is 42.8 Å². The fraction of sp³-hybridized carbons (Fsp3) is 0.864. The number of halogens is 1. The van der Waals surface area contributed by atoms with Crippen LogP contribution in [0.4, 0.5) is 0 Å². The van der Waals surface area contributed by atoms with Crippen LogP contribution >= 0.6 is 15.9 Å². The maximum Gasteiger partial charge on any atom is 0.304 e. The summed E-state index contributed by atoms with van der Waals surface area (Å²) in [5.74, 6) is -1.78. The molecule has 2 aliphatic rings. The smallest absolute Gasteiger partial charge is 0.304 e. The average Bonchev–Trinajstić information content (AvgIpc) is 2.67. The van der Waals surface area contributed by atoms with Gasteiger partial charge >= 0.3 is 17.9 Å². The fourth-order valence-electron chi connectivity index (χ4n) is 4.12. The standard InChI is InChI=1S/C22H35BrO9/c1-10-11(2)20(29-16(7)26)30-17(9-27-14(5)24)18(10)31-21-19(28-15(6)25)12(3)13(4)22(8,23)32-21/h10-13,17-21H,9H2,1-8H3/t10-,11?,12+,13+,17?,18+,19?,20+,21-,22?/m1/s1. The van der Waals surface area contributed by atoms with E-state index in [0.717, 1.165) is 0 Å². The number of hydrogen-bond acceptors (Lipinski definition) is 9. The van der Waals surface area contributed by atoms with Crippen molar-refractivity contribution < 1.29 is 42.8 Å². The molecule has 0 N–H and O–H groups in total. The molecule has 2 rings (SSSR count). The van der Waals surface area contributed by atoms with E-state index in [0.29, 0.717) is 0 Å². The van der Waals surface area contributed by atoms with Crippen LogP contribution in [0.2, 0.25) is 0 Å². The second-order valence-electron chi connectivity index (χ2n) is 8.97. The molecule has 2 saturated heterocycles. The first-order valence-corrected chi connectivity index (χ1v) is 11.7. The molecule has 0 spiro atoms. The highest BCUT2D eigenvalue weighted by Gasteiger charge is 2.52. The molecule has 0 bridgehead atoms. The number of carbonyl (C=O) groups excluding carboxylic acids is 3. The molecule has 0 radical (unpaired) electrons. The van der Waals surface area contributed by atoms with Gasteiger partial charge in [0.1, 0.15) is 17.2 Å². The minimum absolute atomic E-state index is 0.0239. The SMILES string of the molecule is CC(=O)OCC1O[C@H](OC(C)=O)C(C)[C@@H](C)[C@@H]1O[C@@H]1OC(C)(Br)[C@@H](C)[C@H](C)C1OC(C)=O. The monoisotopic (exact) mass is 522 g/mol. The van der Waals surface area contributed by atoms with Gasteiger partial charge < -0.3 is 28.4 Å². The molecule has 9 nitrogen and oxygen atoms in total. The van der Waals surface area contributed by atoms with Crippen molar-refractivity contribution in [2.45, 2.75) is 90.8 Å². The Kier molecular flexibility index (Phi) is 9.12. The third-order valence-electron chi connectivity index (χ3n) is 6.51. The number of hydrogen-bond donors (Lipinski definition) is 0. The van der Waals surface area contributed by atoms with Crippen molar-refractivity contribution in [3.05, 3.63) is 0 Å². The molecule has 2 heterocycles. The molecule has 0 aromatic carbocycles. The Balaban J connectivity index is 2.31. The van der Waals surface area contributed by atoms with Gasteiger partial charge in [0.05, 0.1) is 6.10 Å². The second kappa shape index (κ2) is 10.8. The predicted octanol–water partition coefficient (Wildman–Crippen LogP) is 3.17. The molecule has 0 aliphatic carbocycles. The van der Waals surface area contributed by atoms with Crippen LogP contribution in [0.5, 0.6) is 0 Å². The summed E-state index contributed by atoms with van der Waals surface area (Å²) in [6.07, 6.45) is -3.63. The lowest BCUT2D eigenvalue weighted by Gasteiger charge is -2.50. The molecule has 2 fully saturated rings. The molecule has 184 valence electrons. The zero-order valence-electron chi connectivity index (χ0n) is 20.0. The Morgan fingerprint density at radius 1 is 0.844 bits per heavy atom. The minimum Gasteiger partial charge on any atom is -0.463 e. The van der Waals surface area contributed by atoms with E-state index in [9.17, 15) is 14.4 Å². The van der Waals surface area contributed by atoms with Gasteiger partial charge in [-0.25, -0.2) is 0 Å². The van der Waals surface area contributed by atoms with Crippen LogP contribution in [0.25, 0.3) is 0 Å². The van der Waals surface area contributed by atoms with E-state index in [1.165, 1.54) is 20.8 Å². The molecule has 10 heteroatoms. The van der Waals surface area contributed by atoms with Crippen LogP contribution in [0.1, 0.15) is 55.4 Å². The first kappa shape index (κ1) is 27.0. The fourth-order valence-corrected chi connectivity index (χ4v) is 4.72. The number of esters is 3. The van der Waals surface area contributed by atoms with Gasteiger partial charge in [-0.1, -0.05) is 43.6 Å². The number of ether oxygens (including phenoxy) is 6. The van der Waals surface area contributed by atoms with Crippen molar-refractivity contribution in [1.82, 2.24) is 0 Å². The Morgan fingerprint density at radius 2 is 1.44 bits per heavy atom. The zero-order valence-corrected chi connectivity index (χ0v) is 21.5. The summed E-state index contributed by atoms with van der Waals surface area (Å²) in [7, 11) is 0. The highest BCUT2D eigenvalue weighted by Crippen LogP contribution is 2.45. The predicted molar refractivity (Wildman–Crippen MR) is 116 cm³/mol. The third kappa shape index (κ3) is 6.42. The van der Waals surface area contributed by atoms with Crippen LogP contribution < -0.4 is 0 Å². The van der Waals surface area contributed by atoms with E-state index < -0.39 is 53.3 Å². The normalized spacial score (nSPS) is 42.1. The lowest BCUT2D eigenvalue weighted by Crippen LogP contribution is -2.59. The van der Waals surface area contributed by atoms with Gasteiger partial charge in [-0.05, 0) is 12.8 Å². The van der Waals surface area contributed by atoms with Crippen LogP contribution in [0, 0.1) is 23.7 Å². The van der Waals surface area contributed by atoms with Gasteiger partial charge in [0.15, 0.2) is 12.4 Å². The number of alkyl halides is 1. The zero-order chi connectivity index (χ0) is 24.4. The summed E-state index contributed by atoms with van der Waals surface area (Å²) in [5, 5.41) is 0. The topological polar surface area (TPSA) is 107 Å². The Labute approximate surface area is 197 Å². The molecular weight excluding hydrogens is 488 g/mol. The molecule has 2 aliphatic heterocycles. The average molecular weight is 523 g/mol. The van der Waals surface area contributed by atoms with Gasteiger partial charge in [0.2, 0.25) is 6.29 Å². The van der Waals surface area contributed by atoms with Gasteiger partial charge in [-0.2, -0.15) is 0 Å². The highest BCUT2D eigenvalue weighted by atomic mass is 79.9. The maximum absolute atomic E-state index is 11.8. The molecule has 10 atom stereocenters. The van der Waals surface area contributed by atoms with Crippen molar-refractivity contribution in [2.75, 3.05) is 6.61 Å². The first-order valence-electron chi connectivity index (χ1n) is 10.9. The van der Waals surface area contributed by atoms with E-state index in [1.807, 2.05) is 34.6 Å².